The van der Waals surface area contributed by atoms with Crippen molar-refractivity contribution in [2.24, 2.45) is 0 Å². The van der Waals surface area contributed by atoms with Gasteiger partial charge in [0.1, 0.15) is 17.3 Å². The number of carbonyl (C=O) groups excluding carboxylic acids is 1. The number of nitrogens with one attached hydrogen (secondary N) is 1. The van der Waals surface area contributed by atoms with E-state index in [4.69, 9.17) is 4.74 Å². The number of anilines is 1. The van der Waals surface area contributed by atoms with E-state index in [1.165, 1.54) is 36.4 Å². The van der Waals surface area contributed by atoms with Crippen molar-refractivity contribution in [1.29, 1.82) is 0 Å². The molecule has 3 rings (SSSR count). The number of hydrogen-bond donors (Lipinski definition) is 1. The number of amides is 1. The number of benzene rings is 2. The highest BCUT2D eigenvalue weighted by atomic mass is 19.1. The number of halogens is 1. The van der Waals surface area contributed by atoms with Gasteiger partial charge in [-0.2, -0.15) is 9.78 Å². The van der Waals surface area contributed by atoms with Crippen LogP contribution in [0.3, 0.4) is 0 Å². The quantitative estimate of drug-likeness (QED) is 0.632. The number of unbranched alkanes of at least 4 members (excludes halogenated alkanes) is 1. The monoisotopic (exact) mass is 381 g/mol. The van der Waals surface area contributed by atoms with Crippen molar-refractivity contribution in [2.45, 2.75) is 19.8 Å². The molecule has 0 aliphatic heterocycles. The minimum Gasteiger partial charge on any atom is -0.491 e. The van der Waals surface area contributed by atoms with E-state index in [2.05, 4.69) is 17.3 Å². The molecule has 1 heterocycles. The van der Waals surface area contributed by atoms with E-state index in [0.717, 1.165) is 17.5 Å². The number of para-hydroxylation sites is 2. The van der Waals surface area contributed by atoms with Crippen LogP contribution in [0.1, 0.15) is 30.3 Å². The lowest BCUT2D eigenvalue weighted by Gasteiger charge is -2.12. The van der Waals surface area contributed by atoms with Crippen molar-refractivity contribution in [3.05, 3.63) is 82.5 Å². The van der Waals surface area contributed by atoms with Gasteiger partial charge in [-0.05, 0) is 48.9 Å². The number of rotatable bonds is 7. The standard InChI is InChI=1S/C21H20FN3O3/c1-2-3-14-28-19-7-5-4-6-17(19)23-21(27)18-12-13-20(26)25(24-18)16-10-8-15(22)9-11-16/h4-13H,2-3,14H2,1H3,(H,23,27). The first kappa shape index (κ1) is 19.3. The van der Waals surface area contributed by atoms with Crippen LogP contribution in [0.15, 0.2) is 65.5 Å². The molecule has 0 spiro atoms. The first-order chi connectivity index (χ1) is 13.6. The molecular formula is C21H20FN3O3. The minimum atomic E-state index is -0.484. The summed E-state index contributed by atoms with van der Waals surface area (Å²) in [5.74, 6) is -0.344. The van der Waals surface area contributed by atoms with Gasteiger partial charge < -0.3 is 10.1 Å². The molecule has 1 aromatic heterocycles. The fourth-order valence-electron chi connectivity index (χ4n) is 2.51. The van der Waals surface area contributed by atoms with E-state index in [0.29, 0.717) is 23.7 Å². The van der Waals surface area contributed by atoms with Gasteiger partial charge in [-0.15, -0.1) is 0 Å². The molecule has 0 fully saturated rings. The van der Waals surface area contributed by atoms with Crippen molar-refractivity contribution >= 4 is 11.6 Å². The Morgan fingerprint density at radius 1 is 1.11 bits per heavy atom. The Hall–Kier alpha value is -3.48. The molecule has 0 saturated carbocycles. The molecule has 144 valence electrons. The van der Waals surface area contributed by atoms with Crippen molar-refractivity contribution < 1.29 is 13.9 Å². The highest BCUT2D eigenvalue weighted by Gasteiger charge is 2.13. The van der Waals surface area contributed by atoms with Gasteiger partial charge in [0.25, 0.3) is 11.5 Å². The molecule has 1 N–H and O–H groups in total. The summed E-state index contributed by atoms with van der Waals surface area (Å²) in [6.07, 6.45) is 1.91. The smallest absolute Gasteiger partial charge is 0.276 e. The Morgan fingerprint density at radius 2 is 1.86 bits per heavy atom. The van der Waals surface area contributed by atoms with Crippen molar-refractivity contribution in [3.8, 4) is 11.4 Å². The van der Waals surface area contributed by atoms with Gasteiger partial charge in [0.2, 0.25) is 0 Å². The van der Waals surface area contributed by atoms with E-state index in [-0.39, 0.29) is 5.69 Å². The molecule has 0 radical (unpaired) electrons. The van der Waals surface area contributed by atoms with Crippen LogP contribution in [-0.2, 0) is 0 Å². The van der Waals surface area contributed by atoms with Crippen LogP contribution >= 0.6 is 0 Å². The molecule has 1 amide bonds. The molecule has 7 heteroatoms. The first-order valence-corrected chi connectivity index (χ1v) is 8.98. The van der Waals surface area contributed by atoms with Gasteiger partial charge >= 0.3 is 0 Å². The third-order valence-electron chi connectivity index (χ3n) is 3.99. The van der Waals surface area contributed by atoms with Crippen LogP contribution in [0.4, 0.5) is 10.1 Å². The normalized spacial score (nSPS) is 10.5. The topological polar surface area (TPSA) is 73.2 Å². The molecule has 0 atom stereocenters. The molecule has 0 aliphatic rings. The molecule has 3 aromatic rings. The molecule has 0 aliphatic carbocycles. The minimum absolute atomic E-state index is 0.0484. The Kier molecular flexibility index (Phi) is 6.16. The number of nitrogens with zero attached hydrogens (tertiary/aromatic N) is 2. The van der Waals surface area contributed by atoms with Crippen LogP contribution < -0.4 is 15.6 Å². The summed E-state index contributed by atoms with van der Waals surface area (Å²) < 4.78 is 19.9. The van der Waals surface area contributed by atoms with Crippen LogP contribution in [0.5, 0.6) is 5.75 Å². The second kappa shape index (κ2) is 8.94. The zero-order chi connectivity index (χ0) is 19.9. The zero-order valence-corrected chi connectivity index (χ0v) is 15.4. The largest absolute Gasteiger partial charge is 0.491 e. The predicted octanol–water partition coefficient (Wildman–Crippen LogP) is 3.80. The molecular weight excluding hydrogens is 361 g/mol. The zero-order valence-electron chi connectivity index (χ0n) is 15.4. The summed E-state index contributed by atoms with van der Waals surface area (Å²) in [7, 11) is 0. The SMILES string of the molecule is CCCCOc1ccccc1NC(=O)c1ccc(=O)n(-c2ccc(F)cc2)n1. The second-order valence-electron chi connectivity index (χ2n) is 6.10. The third-order valence-corrected chi connectivity index (χ3v) is 3.99. The van der Waals surface area contributed by atoms with E-state index in [9.17, 15) is 14.0 Å². The van der Waals surface area contributed by atoms with E-state index in [1.54, 1.807) is 18.2 Å². The first-order valence-electron chi connectivity index (χ1n) is 8.98. The Bertz CT molecular complexity index is 1020. The third kappa shape index (κ3) is 4.62. The van der Waals surface area contributed by atoms with E-state index >= 15 is 0 Å². The lowest BCUT2D eigenvalue weighted by atomic mass is 10.2. The summed E-state index contributed by atoms with van der Waals surface area (Å²) in [5.41, 5.74) is 0.507. The lowest BCUT2D eigenvalue weighted by molar-refractivity contribution is 0.102. The van der Waals surface area contributed by atoms with Gasteiger partial charge in [0, 0.05) is 6.07 Å². The fourth-order valence-corrected chi connectivity index (χ4v) is 2.51. The molecule has 28 heavy (non-hydrogen) atoms. The fraction of sp³-hybridized carbons (Fsp3) is 0.190. The summed E-state index contributed by atoms with van der Waals surface area (Å²) in [6.45, 7) is 2.62. The van der Waals surface area contributed by atoms with E-state index in [1.807, 2.05) is 6.07 Å². The van der Waals surface area contributed by atoms with Gasteiger partial charge in [-0.1, -0.05) is 25.5 Å². The Balaban J connectivity index is 1.83. The average molecular weight is 381 g/mol. The number of carbonyl (C=O) groups is 1. The van der Waals surface area contributed by atoms with Crippen LogP contribution in [0.2, 0.25) is 0 Å². The lowest BCUT2D eigenvalue weighted by Crippen LogP contribution is -2.25. The second-order valence-corrected chi connectivity index (χ2v) is 6.10. The Morgan fingerprint density at radius 3 is 2.61 bits per heavy atom. The van der Waals surface area contributed by atoms with Gasteiger partial charge in [0.05, 0.1) is 18.0 Å². The highest BCUT2D eigenvalue weighted by Crippen LogP contribution is 2.24. The maximum Gasteiger partial charge on any atom is 0.276 e. The van der Waals surface area contributed by atoms with Crippen molar-refractivity contribution in [2.75, 3.05) is 11.9 Å². The summed E-state index contributed by atoms with van der Waals surface area (Å²) in [4.78, 5) is 24.7. The molecule has 0 saturated heterocycles. The molecule has 2 aromatic carbocycles. The van der Waals surface area contributed by atoms with Crippen molar-refractivity contribution in [3.63, 3.8) is 0 Å². The van der Waals surface area contributed by atoms with Crippen LogP contribution in [0, 0.1) is 5.82 Å². The van der Waals surface area contributed by atoms with Crippen LogP contribution in [0.25, 0.3) is 5.69 Å². The summed E-state index contributed by atoms with van der Waals surface area (Å²) in [6, 6.07) is 15.0. The number of hydrogen-bond acceptors (Lipinski definition) is 4. The summed E-state index contributed by atoms with van der Waals surface area (Å²) in [5, 5.41) is 6.86. The maximum absolute atomic E-state index is 13.1. The summed E-state index contributed by atoms with van der Waals surface area (Å²) >= 11 is 0. The molecule has 0 bridgehead atoms. The molecule has 6 nitrogen and oxygen atoms in total. The molecule has 0 unspecified atom stereocenters. The van der Waals surface area contributed by atoms with Crippen molar-refractivity contribution in [1.82, 2.24) is 9.78 Å². The maximum atomic E-state index is 13.1. The predicted molar refractivity (Wildman–Crippen MR) is 105 cm³/mol. The van der Waals surface area contributed by atoms with E-state index < -0.39 is 17.3 Å². The van der Waals surface area contributed by atoms with Crippen LogP contribution in [-0.4, -0.2) is 22.3 Å². The van der Waals surface area contributed by atoms with Gasteiger partial charge in [-0.25, -0.2) is 4.39 Å². The highest BCUT2D eigenvalue weighted by molar-refractivity contribution is 6.03. The average Bonchev–Trinajstić information content (AvgIpc) is 2.70. The Labute approximate surface area is 161 Å². The number of ether oxygens (including phenoxy) is 1. The van der Waals surface area contributed by atoms with Gasteiger partial charge in [-0.3, -0.25) is 9.59 Å². The number of aromatic nitrogens is 2. The van der Waals surface area contributed by atoms with Gasteiger partial charge in [0.15, 0.2) is 0 Å².